The molecule has 0 aromatic rings. The van der Waals surface area contributed by atoms with Crippen LogP contribution in [0.5, 0.6) is 0 Å². The van der Waals surface area contributed by atoms with E-state index in [0.29, 0.717) is 0 Å². The van der Waals surface area contributed by atoms with E-state index in [2.05, 4.69) is 48.9 Å². The van der Waals surface area contributed by atoms with E-state index in [1.807, 2.05) is 0 Å². The molecule has 2 N–H and O–H groups in total. The minimum Gasteiger partial charge on any atom is -1.00 e. The molecule has 0 saturated heterocycles. The van der Waals surface area contributed by atoms with Gasteiger partial charge in [-0.3, -0.25) is 0 Å². The molecule has 0 unspecified atom stereocenters. The number of aliphatic hydroxyl groups is 2. The van der Waals surface area contributed by atoms with Crippen LogP contribution in [0.3, 0.4) is 0 Å². The molecule has 7 heteroatoms. The van der Waals surface area contributed by atoms with Crippen LogP contribution in [0.1, 0.15) is 0 Å². The van der Waals surface area contributed by atoms with Crippen molar-refractivity contribution >= 4 is 5.97 Å². The Morgan fingerprint density at radius 3 is 1.20 bits per heavy atom. The maximum Gasteiger partial charge on any atom is 0.101 e. The highest BCUT2D eigenvalue weighted by molar-refractivity contribution is 5.76. The summed E-state index contributed by atoms with van der Waals surface area (Å²) in [5.41, 5.74) is 0. The molecule has 0 heterocycles. The standard InChI is InChI=1S/2C5H14NO.C3H4O2.ClH/c2*1-6(2,3)4-5-7;1-2-3(4)5;/h2*7H,4-5H2,1-3H3;2H,1H2,(H,4,5);1H/q2*+1;;/p-2. The Bertz CT molecular complexity index is 220. The van der Waals surface area contributed by atoms with Gasteiger partial charge in [-0.15, -0.1) is 0 Å². The molecule has 0 amide bonds. The number of halogens is 1. The lowest BCUT2D eigenvalue weighted by atomic mass is 10.5. The van der Waals surface area contributed by atoms with Crippen LogP contribution in [-0.4, -0.2) is 93.7 Å². The van der Waals surface area contributed by atoms with E-state index in [9.17, 15) is 0 Å². The molecule has 124 valence electrons. The van der Waals surface area contributed by atoms with Crippen molar-refractivity contribution in [1.82, 2.24) is 0 Å². The molecular weight excluding hydrogens is 284 g/mol. The predicted octanol–water partition coefficient (Wildman–Crippen LogP) is -4.70. The van der Waals surface area contributed by atoms with Gasteiger partial charge in [0.2, 0.25) is 0 Å². The zero-order valence-electron chi connectivity index (χ0n) is 13.6. The Balaban J connectivity index is -0.0000000952. The summed E-state index contributed by atoms with van der Waals surface area (Å²) in [7, 11) is 12.3. The number of carboxylic acid groups (broad SMARTS) is 1. The molecule has 0 aromatic heterocycles. The Morgan fingerprint density at radius 1 is 1.00 bits per heavy atom. The van der Waals surface area contributed by atoms with Gasteiger partial charge in [-0.05, 0) is 6.08 Å². The lowest BCUT2D eigenvalue weighted by molar-refractivity contribution is -0.870. The highest BCUT2D eigenvalue weighted by Crippen LogP contribution is 1.85. The molecule has 0 saturated carbocycles. The van der Waals surface area contributed by atoms with E-state index in [1.165, 1.54) is 0 Å². The van der Waals surface area contributed by atoms with Crippen molar-refractivity contribution in [3.05, 3.63) is 12.7 Å². The van der Waals surface area contributed by atoms with Gasteiger partial charge in [-0.1, -0.05) is 6.58 Å². The number of aliphatic carboxylic acids is 1. The van der Waals surface area contributed by atoms with Crippen LogP contribution in [0.4, 0.5) is 0 Å². The maximum absolute atomic E-state index is 9.14. The quantitative estimate of drug-likeness (QED) is 0.395. The van der Waals surface area contributed by atoms with Gasteiger partial charge in [0.05, 0.1) is 61.5 Å². The Morgan fingerprint density at radius 2 is 1.20 bits per heavy atom. The second kappa shape index (κ2) is 14.7. The second-order valence-corrected chi connectivity index (χ2v) is 6.00. The van der Waals surface area contributed by atoms with Crippen molar-refractivity contribution in [3.63, 3.8) is 0 Å². The fourth-order valence-electron chi connectivity index (χ4n) is 0.600. The fourth-order valence-corrected chi connectivity index (χ4v) is 0.600. The van der Waals surface area contributed by atoms with E-state index in [0.717, 1.165) is 28.1 Å². The number of quaternary nitrogens is 2. The smallest absolute Gasteiger partial charge is 0.101 e. The minimum absolute atomic E-state index is 0. The first kappa shape index (κ1) is 27.6. The third-order valence-corrected chi connectivity index (χ3v) is 1.71. The fraction of sp³-hybridized carbons (Fsp3) is 0.769. The van der Waals surface area contributed by atoms with E-state index in [4.69, 9.17) is 20.1 Å². The monoisotopic (exact) mass is 314 g/mol. The van der Waals surface area contributed by atoms with Gasteiger partial charge in [0.1, 0.15) is 13.1 Å². The second-order valence-electron chi connectivity index (χ2n) is 6.00. The Hall–Kier alpha value is -0.660. The normalized spacial score (nSPS) is 10.0. The molecule has 0 aromatic carbocycles. The molecule has 0 atom stereocenters. The van der Waals surface area contributed by atoms with Crippen LogP contribution in [0, 0.1) is 0 Å². The van der Waals surface area contributed by atoms with E-state index in [1.54, 1.807) is 0 Å². The van der Waals surface area contributed by atoms with Crippen LogP contribution < -0.4 is 17.5 Å². The summed E-state index contributed by atoms with van der Waals surface area (Å²) >= 11 is 0. The highest BCUT2D eigenvalue weighted by atomic mass is 35.5. The average Bonchev–Trinajstić information content (AvgIpc) is 2.15. The molecule has 0 radical (unpaired) electrons. The van der Waals surface area contributed by atoms with Crippen molar-refractivity contribution in [3.8, 4) is 0 Å². The number of likely N-dealkylation sites (N-methyl/N-ethyl adjacent to an activating group) is 2. The lowest BCUT2D eigenvalue weighted by Crippen LogP contribution is -3.00. The van der Waals surface area contributed by atoms with Crippen LogP contribution in [0.25, 0.3) is 0 Å². The predicted molar refractivity (Wildman–Crippen MR) is 75.2 cm³/mol. The summed E-state index contributed by atoms with van der Waals surface area (Å²) in [5, 5.41) is 25.9. The summed E-state index contributed by atoms with van der Waals surface area (Å²) in [6.45, 7) is 5.13. The van der Waals surface area contributed by atoms with E-state index >= 15 is 0 Å². The van der Waals surface area contributed by atoms with E-state index in [-0.39, 0.29) is 25.6 Å². The number of hydrogen-bond donors (Lipinski definition) is 2. The Labute approximate surface area is 129 Å². The third-order valence-electron chi connectivity index (χ3n) is 1.71. The molecule has 0 rings (SSSR count). The molecule has 0 spiro atoms. The minimum atomic E-state index is -1.23. The summed E-state index contributed by atoms with van der Waals surface area (Å²) in [4.78, 5) is 9.14. The molecule has 0 aliphatic carbocycles. The number of rotatable bonds is 5. The molecule has 0 aliphatic rings. The summed E-state index contributed by atoms with van der Waals surface area (Å²) in [5.74, 6) is -1.23. The lowest BCUT2D eigenvalue weighted by Gasteiger charge is -2.21. The van der Waals surface area contributed by atoms with Crippen LogP contribution in [0.15, 0.2) is 12.7 Å². The number of carboxylic acids is 1. The van der Waals surface area contributed by atoms with Crippen molar-refractivity contribution in [2.75, 3.05) is 68.6 Å². The number of nitrogens with zero attached hydrogens (tertiary/aromatic N) is 2. The van der Waals surface area contributed by atoms with Gasteiger partial charge in [-0.2, -0.15) is 0 Å². The first-order valence-electron chi connectivity index (χ1n) is 6.05. The first-order valence-corrected chi connectivity index (χ1v) is 6.05. The average molecular weight is 315 g/mol. The SMILES string of the molecule is C=CC(=O)[O-].C[N+](C)(C)CCO.C[N+](C)(C)CCO.[Cl-]. The van der Waals surface area contributed by atoms with Crippen LogP contribution in [-0.2, 0) is 4.79 Å². The van der Waals surface area contributed by atoms with Crippen LogP contribution in [0.2, 0.25) is 0 Å². The number of carbonyl (C=O) groups excluding carboxylic acids is 1. The Kier molecular flexibility index (Phi) is 20.4. The van der Waals surface area contributed by atoms with Gasteiger partial charge in [0.15, 0.2) is 0 Å². The summed E-state index contributed by atoms with van der Waals surface area (Å²) in [6.07, 6.45) is 0.722. The van der Waals surface area contributed by atoms with Crippen molar-refractivity contribution in [2.24, 2.45) is 0 Å². The molecule has 0 aliphatic heterocycles. The highest BCUT2D eigenvalue weighted by Gasteiger charge is 2.02. The van der Waals surface area contributed by atoms with Crippen molar-refractivity contribution in [1.29, 1.82) is 0 Å². The van der Waals surface area contributed by atoms with Gasteiger partial charge in [0, 0.05) is 0 Å². The zero-order chi connectivity index (χ0) is 16.1. The van der Waals surface area contributed by atoms with Crippen molar-refractivity contribution in [2.45, 2.75) is 0 Å². The third kappa shape index (κ3) is 53.1. The molecule has 0 fully saturated rings. The zero-order valence-corrected chi connectivity index (χ0v) is 14.4. The molecule has 20 heavy (non-hydrogen) atoms. The molecule has 6 nitrogen and oxygen atoms in total. The van der Waals surface area contributed by atoms with E-state index < -0.39 is 5.97 Å². The topological polar surface area (TPSA) is 80.6 Å². The number of carbonyl (C=O) groups is 1. The summed E-state index contributed by atoms with van der Waals surface area (Å²) in [6, 6.07) is 0. The van der Waals surface area contributed by atoms with Gasteiger partial charge >= 0.3 is 0 Å². The van der Waals surface area contributed by atoms with Gasteiger partial charge in [0.25, 0.3) is 0 Å². The molecular formula is C13H31ClN2O4. The van der Waals surface area contributed by atoms with Gasteiger partial charge < -0.3 is 41.5 Å². The maximum atomic E-state index is 9.14. The molecule has 0 bridgehead atoms. The largest absolute Gasteiger partial charge is 1.00 e. The first-order chi connectivity index (χ1) is 8.39. The summed E-state index contributed by atoms with van der Waals surface area (Å²) < 4.78 is 1.69. The van der Waals surface area contributed by atoms with Gasteiger partial charge in [-0.25, -0.2) is 0 Å². The van der Waals surface area contributed by atoms with Crippen LogP contribution >= 0.6 is 0 Å². The number of aliphatic hydroxyl groups excluding tert-OH is 2. The number of hydrogen-bond acceptors (Lipinski definition) is 4. The van der Waals surface area contributed by atoms with Crippen molar-refractivity contribution < 1.29 is 41.5 Å².